The number of anilines is 1. The standard InChI is InChI=1S/C21H15F3N6O/c1-31-15-4-2-3-12(5-15)8-28-20-29-9-13(7-25)18(30-20)17-11-27-19-16(17)6-14(10-26-19)21(22,23)24/h2-6,9-11H,8H2,1H3,(H,26,27)(H,28,29,30). The summed E-state index contributed by atoms with van der Waals surface area (Å²) in [6, 6.07) is 10.4. The molecule has 0 atom stereocenters. The molecule has 4 rings (SSSR count). The SMILES string of the molecule is COc1cccc(CNc2ncc(C#N)c(-c3c[nH]c4ncc(C(F)(F)F)cc34)n2)c1. The van der Waals surface area contributed by atoms with Crippen LogP contribution in [0.1, 0.15) is 16.7 Å². The number of nitrogens with zero attached hydrogens (tertiary/aromatic N) is 4. The minimum Gasteiger partial charge on any atom is -0.497 e. The molecule has 156 valence electrons. The smallest absolute Gasteiger partial charge is 0.417 e. The summed E-state index contributed by atoms with van der Waals surface area (Å²) in [5.74, 6) is 0.929. The Kier molecular flexibility index (Phi) is 5.17. The number of nitriles is 1. The molecule has 4 aromatic rings. The quantitative estimate of drug-likeness (QED) is 0.488. The number of nitrogens with one attached hydrogen (secondary N) is 2. The lowest BCUT2D eigenvalue weighted by Gasteiger charge is -2.09. The van der Waals surface area contributed by atoms with E-state index in [2.05, 4.69) is 25.3 Å². The number of benzene rings is 1. The molecule has 0 amide bonds. The monoisotopic (exact) mass is 424 g/mol. The minimum absolute atomic E-state index is 0.130. The molecule has 3 heterocycles. The van der Waals surface area contributed by atoms with Crippen molar-refractivity contribution >= 4 is 17.0 Å². The normalized spacial score (nSPS) is 11.3. The fourth-order valence-corrected chi connectivity index (χ4v) is 3.07. The first kappa shape index (κ1) is 20.2. The highest BCUT2D eigenvalue weighted by molar-refractivity contribution is 5.94. The predicted octanol–water partition coefficient (Wildman–Crippen LogP) is 4.53. The van der Waals surface area contributed by atoms with Gasteiger partial charge in [-0.25, -0.2) is 15.0 Å². The van der Waals surface area contributed by atoms with Crippen molar-refractivity contribution in [1.29, 1.82) is 5.26 Å². The van der Waals surface area contributed by atoms with Crippen LogP contribution in [0.25, 0.3) is 22.3 Å². The molecule has 31 heavy (non-hydrogen) atoms. The summed E-state index contributed by atoms with van der Waals surface area (Å²) in [6.45, 7) is 0.385. The van der Waals surface area contributed by atoms with Crippen LogP contribution in [0.4, 0.5) is 19.1 Å². The average Bonchev–Trinajstić information content (AvgIpc) is 3.20. The van der Waals surface area contributed by atoms with Crippen LogP contribution in [0.2, 0.25) is 0 Å². The highest BCUT2D eigenvalue weighted by Crippen LogP contribution is 2.34. The number of alkyl halides is 3. The molecular weight excluding hydrogens is 409 g/mol. The molecule has 10 heteroatoms. The number of fused-ring (bicyclic) bond motifs is 1. The van der Waals surface area contributed by atoms with Crippen molar-refractivity contribution in [2.45, 2.75) is 12.7 Å². The Balaban J connectivity index is 1.70. The highest BCUT2D eigenvalue weighted by Gasteiger charge is 2.31. The van der Waals surface area contributed by atoms with Crippen LogP contribution in [0.15, 0.2) is 48.9 Å². The number of hydrogen-bond acceptors (Lipinski definition) is 6. The molecule has 7 nitrogen and oxygen atoms in total. The van der Waals surface area contributed by atoms with Crippen molar-refractivity contribution in [3.63, 3.8) is 0 Å². The van der Waals surface area contributed by atoms with Gasteiger partial charge in [-0.05, 0) is 23.8 Å². The molecule has 1 aromatic carbocycles. The van der Waals surface area contributed by atoms with Gasteiger partial charge in [-0.3, -0.25) is 0 Å². The third kappa shape index (κ3) is 4.11. The first-order valence-electron chi connectivity index (χ1n) is 9.07. The highest BCUT2D eigenvalue weighted by atomic mass is 19.4. The summed E-state index contributed by atoms with van der Waals surface area (Å²) < 4.78 is 44.6. The van der Waals surface area contributed by atoms with E-state index in [0.717, 1.165) is 17.8 Å². The van der Waals surface area contributed by atoms with E-state index in [9.17, 15) is 18.4 Å². The number of aromatic nitrogens is 4. The molecule has 0 aliphatic heterocycles. The van der Waals surface area contributed by atoms with Gasteiger partial charge in [0.1, 0.15) is 17.5 Å². The summed E-state index contributed by atoms with van der Waals surface area (Å²) in [4.78, 5) is 15.2. The van der Waals surface area contributed by atoms with Crippen LogP contribution in [0.5, 0.6) is 5.75 Å². The lowest BCUT2D eigenvalue weighted by molar-refractivity contribution is -0.137. The van der Waals surface area contributed by atoms with Crippen LogP contribution in [-0.2, 0) is 12.7 Å². The van der Waals surface area contributed by atoms with Crippen LogP contribution in [0, 0.1) is 11.3 Å². The lowest BCUT2D eigenvalue weighted by Crippen LogP contribution is -2.06. The third-order valence-corrected chi connectivity index (χ3v) is 4.61. The molecular formula is C21H15F3N6O. The molecule has 0 spiro atoms. The number of ether oxygens (including phenoxy) is 1. The number of rotatable bonds is 5. The van der Waals surface area contributed by atoms with Gasteiger partial charge in [0.15, 0.2) is 0 Å². The van der Waals surface area contributed by atoms with E-state index in [4.69, 9.17) is 4.74 Å². The average molecular weight is 424 g/mol. The maximum Gasteiger partial charge on any atom is 0.417 e. The van der Waals surface area contributed by atoms with Gasteiger partial charge in [0.2, 0.25) is 5.95 Å². The van der Waals surface area contributed by atoms with E-state index < -0.39 is 11.7 Å². The molecule has 2 N–H and O–H groups in total. The Morgan fingerprint density at radius 1 is 1.19 bits per heavy atom. The molecule has 0 unspecified atom stereocenters. The summed E-state index contributed by atoms with van der Waals surface area (Å²) in [5, 5.41) is 12.7. The maximum atomic E-state index is 13.1. The van der Waals surface area contributed by atoms with E-state index in [1.165, 1.54) is 12.4 Å². The van der Waals surface area contributed by atoms with Crippen LogP contribution < -0.4 is 10.1 Å². The Hall–Kier alpha value is -4.13. The van der Waals surface area contributed by atoms with E-state index in [1.807, 2.05) is 30.3 Å². The predicted molar refractivity (Wildman–Crippen MR) is 107 cm³/mol. The molecule has 0 aliphatic rings. The molecule has 0 fully saturated rings. The molecule has 0 bridgehead atoms. The van der Waals surface area contributed by atoms with Crippen LogP contribution >= 0.6 is 0 Å². The van der Waals surface area contributed by atoms with Gasteiger partial charge < -0.3 is 15.0 Å². The third-order valence-electron chi connectivity index (χ3n) is 4.61. The fraction of sp³-hybridized carbons (Fsp3) is 0.143. The number of halogens is 3. The summed E-state index contributed by atoms with van der Waals surface area (Å²) >= 11 is 0. The number of H-pyrrole nitrogens is 1. The van der Waals surface area contributed by atoms with Crippen molar-refractivity contribution in [3.05, 3.63) is 65.6 Å². The largest absolute Gasteiger partial charge is 0.497 e. The van der Waals surface area contributed by atoms with Gasteiger partial charge in [0, 0.05) is 29.9 Å². The first-order chi connectivity index (χ1) is 14.9. The van der Waals surface area contributed by atoms with Crippen molar-refractivity contribution in [3.8, 4) is 23.1 Å². The zero-order valence-electron chi connectivity index (χ0n) is 16.2. The second-order valence-electron chi connectivity index (χ2n) is 6.59. The van der Waals surface area contributed by atoms with Gasteiger partial charge in [-0.15, -0.1) is 0 Å². The molecule has 0 saturated heterocycles. The lowest BCUT2D eigenvalue weighted by atomic mass is 10.1. The summed E-state index contributed by atoms with van der Waals surface area (Å²) in [6.07, 6.45) is -0.971. The maximum absolute atomic E-state index is 13.1. The molecule has 0 radical (unpaired) electrons. The molecule has 3 aromatic heterocycles. The zero-order valence-corrected chi connectivity index (χ0v) is 16.2. The van der Waals surface area contributed by atoms with Gasteiger partial charge in [0.05, 0.1) is 30.1 Å². The summed E-state index contributed by atoms with van der Waals surface area (Å²) in [5.41, 5.74) is 0.960. The van der Waals surface area contributed by atoms with E-state index in [0.29, 0.717) is 17.9 Å². The van der Waals surface area contributed by atoms with E-state index in [-0.39, 0.29) is 28.2 Å². The molecule has 0 aliphatic carbocycles. The number of methoxy groups -OCH3 is 1. The first-order valence-corrected chi connectivity index (χ1v) is 9.07. The van der Waals surface area contributed by atoms with E-state index >= 15 is 0 Å². The Morgan fingerprint density at radius 2 is 2.03 bits per heavy atom. The van der Waals surface area contributed by atoms with Crippen LogP contribution in [0.3, 0.4) is 0 Å². The van der Waals surface area contributed by atoms with Crippen molar-refractivity contribution < 1.29 is 17.9 Å². The number of aromatic amines is 1. The fourth-order valence-electron chi connectivity index (χ4n) is 3.07. The Bertz CT molecular complexity index is 1290. The summed E-state index contributed by atoms with van der Waals surface area (Å²) in [7, 11) is 1.57. The second kappa shape index (κ2) is 7.95. The Labute approximate surface area is 174 Å². The number of hydrogen-bond donors (Lipinski definition) is 2. The van der Waals surface area contributed by atoms with Crippen molar-refractivity contribution in [2.75, 3.05) is 12.4 Å². The number of pyridine rings is 1. The van der Waals surface area contributed by atoms with Gasteiger partial charge in [0.25, 0.3) is 0 Å². The topological polar surface area (TPSA) is 99.5 Å². The minimum atomic E-state index is -4.54. The Morgan fingerprint density at radius 3 is 2.77 bits per heavy atom. The van der Waals surface area contributed by atoms with Gasteiger partial charge in [-0.1, -0.05) is 12.1 Å². The second-order valence-corrected chi connectivity index (χ2v) is 6.59. The van der Waals surface area contributed by atoms with Gasteiger partial charge in [-0.2, -0.15) is 18.4 Å². The van der Waals surface area contributed by atoms with Crippen molar-refractivity contribution in [2.24, 2.45) is 0 Å². The van der Waals surface area contributed by atoms with Crippen LogP contribution in [-0.4, -0.2) is 27.0 Å². The van der Waals surface area contributed by atoms with Crippen molar-refractivity contribution in [1.82, 2.24) is 19.9 Å². The van der Waals surface area contributed by atoms with E-state index in [1.54, 1.807) is 7.11 Å². The zero-order chi connectivity index (χ0) is 22.0. The van der Waals surface area contributed by atoms with Gasteiger partial charge >= 0.3 is 6.18 Å². The molecule has 0 saturated carbocycles.